The molecule has 0 unspecified atom stereocenters. The summed E-state index contributed by atoms with van der Waals surface area (Å²) in [6.07, 6.45) is 0. The Morgan fingerprint density at radius 2 is 1.47 bits per heavy atom. The summed E-state index contributed by atoms with van der Waals surface area (Å²) in [6.45, 7) is 9.18. The first-order valence-corrected chi connectivity index (χ1v) is 12.3. The van der Waals surface area contributed by atoms with Crippen LogP contribution in [0.2, 0.25) is 0 Å². The highest BCUT2D eigenvalue weighted by Gasteiger charge is 2.21. The average molecular weight is 481 g/mol. The molecule has 0 saturated carbocycles. The lowest BCUT2D eigenvalue weighted by molar-refractivity contribution is 0.0526. The third kappa shape index (κ3) is 5.63. The van der Waals surface area contributed by atoms with E-state index in [-0.39, 0.29) is 17.1 Å². The van der Waals surface area contributed by atoms with Crippen molar-refractivity contribution in [2.24, 2.45) is 0 Å². The number of hydrogen-bond acceptors (Lipinski definition) is 5. The molecule has 1 amide bonds. The highest BCUT2D eigenvalue weighted by Crippen LogP contribution is 2.25. The van der Waals surface area contributed by atoms with Crippen molar-refractivity contribution in [3.05, 3.63) is 88.0 Å². The lowest BCUT2D eigenvalue weighted by Crippen LogP contribution is -2.18. The van der Waals surface area contributed by atoms with Crippen LogP contribution in [-0.4, -0.2) is 26.9 Å². The number of rotatable bonds is 7. The summed E-state index contributed by atoms with van der Waals surface area (Å²) in [5, 5.41) is 2.77. The third-order valence-corrected chi connectivity index (χ3v) is 6.87. The van der Waals surface area contributed by atoms with Gasteiger partial charge in [0, 0.05) is 11.3 Å². The molecule has 0 saturated heterocycles. The fourth-order valence-corrected chi connectivity index (χ4v) is 4.85. The number of nitrogens with one attached hydrogen (secondary N) is 2. The van der Waals surface area contributed by atoms with E-state index in [1.807, 2.05) is 26.0 Å². The number of aryl methyl sites for hydroxylation is 4. The molecule has 0 aliphatic rings. The average Bonchev–Trinajstić information content (AvgIpc) is 2.77. The van der Waals surface area contributed by atoms with Gasteiger partial charge >= 0.3 is 5.97 Å². The van der Waals surface area contributed by atoms with Crippen LogP contribution in [-0.2, 0) is 14.8 Å². The molecule has 3 aromatic rings. The molecular weight excluding hydrogens is 452 g/mol. The number of anilines is 2. The summed E-state index contributed by atoms with van der Waals surface area (Å²) < 4.78 is 33.9. The summed E-state index contributed by atoms with van der Waals surface area (Å²) >= 11 is 0. The fourth-order valence-electron chi connectivity index (χ4n) is 3.45. The Balaban J connectivity index is 1.89. The summed E-state index contributed by atoms with van der Waals surface area (Å²) in [4.78, 5) is 25.0. The molecule has 0 fully saturated rings. The van der Waals surface area contributed by atoms with Crippen LogP contribution in [0.1, 0.15) is 49.9 Å². The Bertz CT molecular complexity index is 1360. The van der Waals surface area contributed by atoms with Crippen molar-refractivity contribution in [3.8, 4) is 0 Å². The van der Waals surface area contributed by atoms with Gasteiger partial charge in [-0.1, -0.05) is 29.8 Å². The zero-order chi connectivity index (χ0) is 25.0. The molecule has 2 N–H and O–H groups in total. The summed E-state index contributed by atoms with van der Waals surface area (Å²) in [7, 11) is -3.93. The Morgan fingerprint density at radius 1 is 0.794 bits per heavy atom. The zero-order valence-corrected chi connectivity index (χ0v) is 20.7. The SMILES string of the molecule is CCOC(=O)c1ccc(C)c(NC(=O)c2ccc(C)c(S(=O)(=O)Nc3ccc(C)cc3C)c2)c1. The molecule has 0 spiro atoms. The Kier molecular flexibility index (Phi) is 7.41. The Hall–Kier alpha value is -3.65. The molecule has 0 bridgehead atoms. The van der Waals surface area contributed by atoms with Gasteiger partial charge in [0.2, 0.25) is 0 Å². The molecule has 8 heteroatoms. The lowest BCUT2D eigenvalue weighted by Gasteiger charge is -2.15. The molecule has 0 aliphatic heterocycles. The number of amides is 1. The lowest BCUT2D eigenvalue weighted by atomic mass is 10.1. The van der Waals surface area contributed by atoms with E-state index >= 15 is 0 Å². The highest BCUT2D eigenvalue weighted by atomic mass is 32.2. The zero-order valence-electron chi connectivity index (χ0n) is 19.9. The van der Waals surface area contributed by atoms with Crippen LogP contribution in [0.25, 0.3) is 0 Å². The van der Waals surface area contributed by atoms with Gasteiger partial charge in [-0.05, 0) is 81.6 Å². The molecule has 0 radical (unpaired) electrons. The number of sulfonamides is 1. The van der Waals surface area contributed by atoms with Crippen LogP contribution >= 0.6 is 0 Å². The number of carbonyl (C=O) groups excluding carboxylic acids is 2. The van der Waals surface area contributed by atoms with Crippen molar-refractivity contribution in [1.82, 2.24) is 0 Å². The highest BCUT2D eigenvalue weighted by molar-refractivity contribution is 7.92. The van der Waals surface area contributed by atoms with Crippen LogP contribution < -0.4 is 10.0 Å². The maximum atomic E-state index is 13.1. The number of benzene rings is 3. The monoisotopic (exact) mass is 480 g/mol. The van der Waals surface area contributed by atoms with Crippen LogP contribution in [0.15, 0.2) is 59.5 Å². The van der Waals surface area contributed by atoms with Gasteiger partial charge in [0.05, 0.1) is 22.8 Å². The van der Waals surface area contributed by atoms with Crippen molar-refractivity contribution in [2.75, 3.05) is 16.6 Å². The minimum atomic E-state index is -3.93. The molecule has 7 nitrogen and oxygen atoms in total. The van der Waals surface area contributed by atoms with E-state index in [9.17, 15) is 18.0 Å². The second-order valence-corrected chi connectivity index (χ2v) is 9.76. The minimum absolute atomic E-state index is 0.0112. The summed E-state index contributed by atoms with van der Waals surface area (Å²) in [5.41, 5.74) is 4.48. The maximum absolute atomic E-state index is 13.1. The number of hydrogen-bond donors (Lipinski definition) is 2. The largest absolute Gasteiger partial charge is 0.462 e. The first-order valence-electron chi connectivity index (χ1n) is 10.8. The van der Waals surface area contributed by atoms with Crippen LogP contribution in [0.5, 0.6) is 0 Å². The van der Waals surface area contributed by atoms with Crippen molar-refractivity contribution in [2.45, 2.75) is 39.5 Å². The molecular formula is C26H28N2O5S. The van der Waals surface area contributed by atoms with Crippen LogP contribution in [0, 0.1) is 27.7 Å². The number of ether oxygens (including phenoxy) is 1. The van der Waals surface area contributed by atoms with E-state index in [1.165, 1.54) is 6.07 Å². The quantitative estimate of drug-likeness (QED) is 0.456. The van der Waals surface area contributed by atoms with E-state index < -0.39 is 21.9 Å². The molecule has 3 rings (SSSR count). The van der Waals surface area contributed by atoms with Crippen molar-refractivity contribution < 1.29 is 22.7 Å². The van der Waals surface area contributed by atoms with E-state index in [0.29, 0.717) is 22.5 Å². The molecule has 0 aromatic heterocycles. The molecule has 0 heterocycles. The predicted molar refractivity (Wildman–Crippen MR) is 133 cm³/mol. The minimum Gasteiger partial charge on any atom is -0.462 e. The van der Waals surface area contributed by atoms with Gasteiger partial charge in [0.15, 0.2) is 0 Å². The van der Waals surface area contributed by atoms with Crippen molar-refractivity contribution in [3.63, 3.8) is 0 Å². The first-order chi connectivity index (χ1) is 16.0. The molecule has 178 valence electrons. The fraction of sp³-hybridized carbons (Fsp3) is 0.231. The number of carbonyl (C=O) groups is 2. The van der Waals surface area contributed by atoms with Crippen LogP contribution in [0.3, 0.4) is 0 Å². The van der Waals surface area contributed by atoms with Gasteiger partial charge in [0.1, 0.15) is 0 Å². The molecule has 3 aromatic carbocycles. The standard InChI is InChI=1S/C26H28N2O5S/c1-6-33-26(30)21-11-8-17(3)23(14-21)27-25(29)20-10-9-18(4)24(15-20)34(31,32)28-22-12-7-16(2)13-19(22)5/h7-15,28H,6H2,1-5H3,(H,27,29). The van der Waals surface area contributed by atoms with E-state index in [4.69, 9.17) is 4.74 Å². The van der Waals surface area contributed by atoms with Gasteiger partial charge in [-0.15, -0.1) is 0 Å². The van der Waals surface area contributed by atoms with Gasteiger partial charge in [-0.25, -0.2) is 13.2 Å². The smallest absolute Gasteiger partial charge is 0.338 e. The topological polar surface area (TPSA) is 102 Å². The molecule has 0 aliphatic carbocycles. The van der Waals surface area contributed by atoms with Crippen molar-refractivity contribution in [1.29, 1.82) is 0 Å². The third-order valence-electron chi connectivity index (χ3n) is 5.36. The second kappa shape index (κ2) is 10.1. The molecule has 34 heavy (non-hydrogen) atoms. The van der Waals surface area contributed by atoms with Gasteiger partial charge in [0.25, 0.3) is 15.9 Å². The Morgan fingerprint density at radius 3 is 2.15 bits per heavy atom. The van der Waals surface area contributed by atoms with Gasteiger partial charge in [-0.3, -0.25) is 9.52 Å². The summed E-state index contributed by atoms with van der Waals surface area (Å²) in [6, 6.07) is 14.8. The van der Waals surface area contributed by atoms with E-state index in [1.54, 1.807) is 57.2 Å². The molecule has 0 atom stereocenters. The first kappa shape index (κ1) is 25.0. The maximum Gasteiger partial charge on any atom is 0.338 e. The Labute approximate surface area is 200 Å². The van der Waals surface area contributed by atoms with Gasteiger partial charge in [-0.2, -0.15) is 0 Å². The van der Waals surface area contributed by atoms with Crippen molar-refractivity contribution >= 4 is 33.3 Å². The predicted octanol–water partition coefficient (Wildman–Crippen LogP) is 5.15. The number of esters is 1. The van der Waals surface area contributed by atoms with Crippen LogP contribution in [0.4, 0.5) is 11.4 Å². The van der Waals surface area contributed by atoms with Gasteiger partial charge < -0.3 is 10.1 Å². The normalized spacial score (nSPS) is 11.1. The van der Waals surface area contributed by atoms with E-state index in [0.717, 1.165) is 16.7 Å². The van der Waals surface area contributed by atoms with E-state index in [2.05, 4.69) is 10.0 Å². The summed E-state index contributed by atoms with van der Waals surface area (Å²) in [5.74, 6) is -0.980. The second-order valence-electron chi connectivity index (χ2n) is 8.11.